The highest BCUT2D eigenvalue weighted by molar-refractivity contribution is 6.05. The molecule has 0 atom stereocenters. The third-order valence-corrected chi connectivity index (χ3v) is 3.75. The van der Waals surface area contributed by atoms with E-state index >= 15 is 0 Å². The fourth-order valence-electron chi connectivity index (χ4n) is 2.51. The predicted molar refractivity (Wildman–Crippen MR) is 93.9 cm³/mol. The van der Waals surface area contributed by atoms with Gasteiger partial charge in [-0.25, -0.2) is 4.79 Å². The highest BCUT2D eigenvalue weighted by Gasteiger charge is 2.27. The van der Waals surface area contributed by atoms with Crippen molar-refractivity contribution in [3.8, 4) is 0 Å². The van der Waals surface area contributed by atoms with Crippen molar-refractivity contribution in [2.75, 3.05) is 17.2 Å². The first kappa shape index (κ1) is 18.5. The Bertz CT molecular complexity index is 864. The molecule has 0 aliphatic carbocycles. The molecule has 0 saturated carbocycles. The Balaban J connectivity index is 2.58. The van der Waals surface area contributed by atoms with Gasteiger partial charge in [0, 0.05) is 19.2 Å². The molecule has 0 spiro atoms. The number of carbonyl (C=O) groups excluding carboxylic acids is 1. The van der Waals surface area contributed by atoms with Gasteiger partial charge in [-0.3, -0.25) is 24.0 Å². The lowest BCUT2D eigenvalue weighted by Gasteiger charge is -2.23. The van der Waals surface area contributed by atoms with E-state index in [1.807, 2.05) is 13.8 Å². The van der Waals surface area contributed by atoms with Crippen LogP contribution in [0.15, 0.2) is 20.2 Å². The lowest BCUT2D eigenvalue weighted by atomic mass is 10.2. The van der Waals surface area contributed by atoms with Crippen molar-refractivity contribution < 1.29 is 9.32 Å². The van der Waals surface area contributed by atoms with E-state index in [2.05, 4.69) is 10.1 Å². The van der Waals surface area contributed by atoms with Crippen LogP contribution in [0.5, 0.6) is 0 Å². The van der Waals surface area contributed by atoms with Gasteiger partial charge in [0.15, 0.2) is 5.69 Å². The molecule has 2 aromatic heterocycles. The molecule has 2 rings (SSSR count). The van der Waals surface area contributed by atoms with Gasteiger partial charge in [-0.2, -0.15) is 0 Å². The summed E-state index contributed by atoms with van der Waals surface area (Å²) in [7, 11) is 0. The number of hydrogen-bond donors (Lipinski definition) is 2. The summed E-state index contributed by atoms with van der Waals surface area (Å²) in [6, 6.07) is 1.49. The average molecular weight is 349 g/mol. The third kappa shape index (κ3) is 3.81. The molecule has 3 N–H and O–H groups in total. The maximum atomic E-state index is 12.8. The van der Waals surface area contributed by atoms with E-state index in [0.717, 1.165) is 6.42 Å². The Morgan fingerprint density at radius 2 is 2.08 bits per heavy atom. The minimum absolute atomic E-state index is 0.0145. The number of aromatic amines is 1. The summed E-state index contributed by atoms with van der Waals surface area (Å²) in [5.74, 6) is -0.537. The third-order valence-electron chi connectivity index (χ3n) is 3.75. The number of aryl methyl sites for hydroxylation is 1. The van der Waals surface area contributed by atoms with Gasteiger partial charge >= 0.3 is 5.69 Å². The van der Waals surface area contributed by atoms with Crippen LogP contribution in [0, 0.1) is 6.92 Å². The maximum Gasteiger partial charge on any atom is 0.330 e. The Kier molecular flexibility index (Phi) is 5.79. The number of carbonyl (C=O) groups is 1. The molecular formula is C16H23N5O4. The molecule has 0 bridgehead atoms. The minimum atomic E-state index is -0.699. The van der Waals surface area contributed by atoms with Crippen molar-refractivity contribution in [1.82, 2.24) is 14.7 Å². The number of anilines is 2. The van der Waals surface area contributed by atoms with Crippen LogP contribution in [0.1, 0.15) is 49.4 Å². The van der Waals surface area contributed by atoms with E-state index in [1.165, 1.54) is 15.5 Å². The largest absolute Gasteiger partial charge is 0.383 e. The van der Waals surface area contributed by atoms with Gasteiger partial charge in [-0.15, -0.1) is 0 Å². The van der Waals surface area contributed by atoms with Crippen LogP contribution in [0.2, 0.25) is 0 Å². The molecule has 0 aliphatic rings. The van der Waals surface area contributed by atoms with Crippen LogP contribution in [-0.4, -0.2) is 27.2 Å². The molecule has 25 heavy (non-hydrogen) atoms. The summed E-state index contributed by atoms with van der Waals surface area (Å²) >= 11 is 0. The first-order valence-corrected chi connectivity index (χ1v) is 8.28. The number of unbranched alkanes of at least 4 members (excludes halogenated alkanes) is 1. The minimum Gasteiger partial charge on any atom is -0.383 e. The van der Waals surface area contributed by atoms with Gasteiger partial charge in [0.2, 0.25) is 5.76 Å². The van der Waals surface area contributed by atoms with E-state index in [9.17, 15) is 14.4 Å². The second-order valence-electron chi connectivity index (χ2n) is 5.79. The van der Waals surface area contributed by atoms with Crippen molar-refractivity contribution in [2.24, 2.45) is 0 Å². The SMILES string of the molecule is CCCCN(C(=O)c1cc(C)no1)c1c(N)n(CCC)c(=O)[nH]c1=O. The predicted octanol–water partition coefficient (Wildman–Crippen LogP) is 1.27. The van der Waals surface area contributed by atoms with E-state index in [0.29, 0.717) is 25.1 Å². The Labute approximate surface area is 144 Å². The molecule has 136 valence electrons. The zero-order valence-corrected chi connectivity index (χ0v) is 14.7. The number of amides is 1. The number of nitrogen functional groups attached to an aromatic ring is 1. The van der Waals surface area contributed by atoms with E-state index in [-0.39, 0.29) is 23.8 Å². The van der Waals surface area contributed by atoms with Crippen LogP contribution < -0.4 is 21.9 Å². The number of hydrogen-bond acceptors (Lipinski definition) is 6. The second kappa shape index (κ2) is 7.82. The molecule has 1 amide bonds. The Morgan fingerprint density at radius 3 is 2.64 bits per heavy atom. The maximum absolute atomic E-state index is 12.8. The van der Waals surface area contributed by atoms with Crippen molar-refractivity contribution >= 4 is 17.4 Å². The molecule has 0 unspecified atom stereocenters. The van der Waals surface area contributed by atoms with Gasteiger partial charge in [0.05, 0.1) is 5.69 Å². The second-order valence-corrected chi connectivity index (χ2v) is 5.79. The normalized spacial score (nSPS) is 10.8. The van der Waals surface area contributed by atoms with Crippen LogP contribution in [-0.2, 0) is 6.54 Å². The van der Waals surface area contributed by atoms with Gasteiger partial charge in [0.1, 0.15) is 5.82 Å². The number of H-pyrrole nitrogens is 1. The lowest BCUT2D eigenvalue weighted by Crippen LogP contribution is -2.41. The molecule has 2 aromatic rings. The monoisotopic (exact) mass is 349 g/mol. The van der Waals surface area contributed by atoms with Crippen LogP contribution in [0.25, 0.3) is 0 Å². The van der Waals surface area contributed by atoms with Crippen LogP contribution in [0.4, 0.5) is 11.5 Å². The zero-order chi connectivity index (χ0) is 18.6. The number of nitrogens with zero attached hydrogens (tertiary/aromatic N) is 3. The molecule has 0 aromatic carbocycles. The van der Waals surface area contributed by atoms with Crippen molar-refractivity contribution in [3.05, 3.63) is 38.4 Å². The Morgan fingerprint density at radius 1 is 1.36 bits per heavy atom. The van der Waals surface area contributed by atoms with Crippen LogP contribution >= 0.6 is 0 Å². The number of aromatic nitrogens is 3. The van der Waals surface area contributed by atoms with Gasteiger partial charge in [-0.1, -0.05) is 25.4 Å². The highest BCUT2D eigenvalue weighted by Crippen LogP contribution is 2.20. The molecule has 0 saturated heterocycles. The van der Waals surface area contributed by atoms with Gasteiger partial charge < -0.3 is 10.3 Å². The standard InChI is InChI=1S/C16H23N5O4/c1-4-6-8-20(15(23)11-9-10(3)19-25-11)12-13(17)21(7-5-2)16(24)18-14(12)22/h9H,4-8,17H2,1-3H3,(H,18,22,24). The van der Waals surface area contributed by atoms with Crippen molar-refractivity contribution in [3.63, 3.8) is 0 Å². The van der Waals surface area contributed by atoms with Crippen molar-refractivity contribution in [2.45, 2.75) is 46.6 Å². The van der Waals surface area contributed by atoms with Crippen molar-refractivity contribution in [1.29, 1.82) is 0 Å². The lowest BCUT2D eigenvalue weighted by molar-refractivity contribution is 0.0950. The first-order valence-electron chi connectivity index (χ1n) is 8.28. The number of nitrogens with one attached hydrogen (secondary N) is 1. The fourth-order valence-corrected chi connectivity index (χ4v) is 2.51. The average Bonchev–Trinajstić information content (AvgIpc) is 3.00. The highest BCUT2D eigenvalue weighted by atomic mass is 16.5. The summed E-state index contributed by atoms with van der Waals surface area (Å²) in [5, 5.41) is 3.71. The molecule has 0 fully saturated rings. The molecule has 2 heterocycles. The summed E-state index contributed by atoms with van der Waals surface area (Å²) in [4.78, 5) is 40.7. The summed E-state index contributed by atoms with van der Waals surface area (Å²) in [5.41, 5.74) is 5.29. The summed E-state index contributed by atoms with van der Waals surface area (Å²) in [6.07, 6.45) is 2.12. The smallest absolute Gasteiger partial charge is 0.330 e. The zero-order valence-electron chi connectivity index (χ0n) is 14.7. The van der Waals surface area contributed by atoms with Gasteiger partial charge in [-0.05, 0) is 19.8 Å². The molecule has 0 radical (unpaired) electrons. The van der Waals surface area contributed by atoms with E-state index in [1.54, 1.807) is 6.92 Å². The molecule has 9 nitrogen and oxygen atoms in total. The Hall–Kier alpha value is -2.84. The van der Waals surface area contributed by atoms with Crippen LogP contribution in [0.3, 0.4) is 0 Å². The molecule has 0 aliphatic heterocycles. The summed E-state index contributed by atoms with van der Waals surface area (Å²) < 4.78 is 6.29. The number of nitrogens with two attached hydrogens (primary N) is 1. The van der Waals surface area contributed by atoms with Gasteiger partial charge in [0.25, 0.3) is 11.5 Å². The quantitative estimate of drug-likeness (QED) is 0.775. The number of rotatable bonds is 7. The van der Waals surface area contributed by atoms with E-state index < -0.39 is 17.2 Å². The topological polar surface area (TPSA) is 127 Å². The first-order chi connectivity index (χ1) is 11.9. The molecular weight excluding hydrogens is 326 g/mol. The van der Waals surface area contributed by atoms with E-state index in [4.69, 9.17) is 10.3 Å². The summed E-state index contributed by atoms with van der Waals surface area (Å²) in [6.45, 7) is 6.15. The molecule has 9 heteroatoms. The fraction of sp³-hybridized carbons (Fsp3) is 0.500.